The molecule has 0 amide bonds. The summed E-state index contributed by atoms with van der Waals surface area (Å²) in [6.07, 6.45) is -14.6. The highest BCUT2D eigenvalue weighted by atomic mass is 19.4. The van der Waals surface area contributed by atoms with E-state index in [0.29, 0.717) is 12.1 Å². The molecule has 0 saturated heterocycles. The Hall–Kier alpha value is -3.91. The number of nitrogens with zero attached hydrogens (tertiary/aromatic N) is 2. The monoisotopic (exact) mass is 608 g/mol. The van der Waals surface area contributed by atoms with Crippen molar-refractivity contribution in [2.45, 2.75) is 90.8 Å². The Morgan fingerprint density at radius 3 is 1.14 bits per heavy atom. The van der Waals surface area contributed by atoms with Crippen LogP contribution in [-0.4, -0.2) is 16.0 Å². The highest BCUT2D eigenvalue weighted by molar-refractivity contribution is 5.62. The van der Waals surface area contributed by atoms with Gasteiger partial charge in [0, 0.05) is 12.1 Å². The maximum atomic E-state index is 13.7. The molecule has 2 atom stereocenters. The van der Waals surface area contributed by atoms with E-state index in [1.54, 1.807) is 41.5 Å². The molecule has 0 spiro atoms. The first-order chi connectivity index (χ1) is 18.8. The van der Waals surface area contributed by atoms with Crippen LogP contribution in [0.4, 0.5) is 42.5 Å². The lowest BCUT2D eigenvalue weighted by Crippen LogP contribution is -2.23. The topological polar surface area (TPSA) is 122 Å². The van der Waals surface area contributed by atoms with Gasteiger partial charge in [-0.25, -0.2) is 4.79 Å². The van der Waals surface area contributed by atoms with E-state index in [2.05, 4.69) is 0 Å². The number of carbonyl (C=O) groups excluding carboxylic acids is 1. The SMILES string of the molecule is CC(OC(=O)OC(C)c1cc(C(F)(F)F)c([N+](=O)[O-])cc1C(C)(C)C)c1cc(C(F)(F)F)c([N+](=O)[O-])cc1C(C)(C)C. The molecule has 0 aromatic heterocycles. The molecule has 2 rings (SSSR count). The zero-order valence-electron chi connectivity index (χ0n) is 24.0. The first kappa shape index (κ1) is 34.3. The summed E-state index contributed by atoms with van der Waals surface area (Å²) in [6.45, 7) is 11.9. The van der Waals surface area contributed by atoms with Crippen molar-refractivity contribution in [3.63, 3.8) is 0 Å². The third-order valence-corrected chi connectivity index (χ3v) is 6.38. The van der Waals surface area contributed by atoms with E-state index in [1.807, 2.05) is 0 Å². The molecule has 2 aromatic rings. The molecule has 232 valence electrons. The lowest BCUT2D eigenvalue weighted by Gasteiger charge is -2.28. The summed E-state index contributed by atoms with van der Waals surface area (Å²) in [5.74, 6) is 0. The third kappa shape index (κ3) is 7.68. The number of hydrogen-bond acceptors (Lipinski definition) is 7. The zero-order chi connectivity index (χ0) is 32.7. The van der Waals surface area contributed by atoms with Crippen LogP contribution in [0, 0.1) is 20.2 Å². The maximum Gasteiger partial charge on any atom is 0.509 e. The van der Waals surface area contributed by atoms with Crippen LogP contribution in [0.3, 0.4) is 0 Å². The molecule has 0 radical (unpaired) electrons. The van der Waals surface area contributed by atoms with E-state index in [9.17, 15) is 51.4 Å². The molecule has 0 aliphatic heterocycles. The molecule has 0 saturated carbocycles. The number of nitro benzene ring substituents is 2. The lowest BCUT2D eigenvalue weighted by molar-refractivity contribution is -0.388. The lowest BCUT2D eigenvalue weighted by atomic mass is 9.81. The second kappa shape index (κ2) is 11.4. The van der Waals surface area contributed by atoms with Crippen molar-refractivity contribution in [2.75, 3.05) is 0 Å². The molecule has 0 bridgehead atoms. The first-order valence-corrected chi connectivity index (χ1v) is 12.4. The normalized spacial score (nSPS) is 14.2. The number of carbonyl (C=O) groups is 1. The Kier molecular flexibility index (Phi) is 9.31. The van der Waals surface area contributed by atoms with Crippen LogP contribution in [0.25, 0.3) is 0 Å². The van der Waals surface area contributed by atoms with Crippen LogP contribution in [-0.2, 0) is 32.7 Å². The van der Waals surface area contributed by atoms with Crippen LogP contribution in [0.1, 0.15) is 101 Å². The Morgan fingerprint density at radius 1 is 0.643 bits per heavy atom. The van der Waals surface area contributed by atoms with E-state index in [4.69, 9.17) is 9.47 Å². The zero-order valence-corrected chi connectivity index (χ0v) is 24.0. The number of ether oxygens (including phenoxy) is 2. The molecule has 2 aromatic carbocycles. The molecular weight excluding hydrogens is 578 g/mol. The smallest absolute Gasteiger partial charge is 0.426 e. The van der Waals surface area contributed by atoms with Crippen molar-refractivity contribution in [1.29, 1.82) is 0 Å². The summed E-state index contributed by atoms with van der Waals surface area (Å²) in [6, 6.07) is 2.56. The van der Waals surface area contributed by atoms with Crippen molar-refractivity contribution in [2.24, 2.45) is 0 Å². The van der Waals surface area contributed by atoms with Crippen molar-refractivity contribution in [3.8, 4) is 0 Å². The molecule has 2 unspecified atom stereocenters. The quantitative estimate of drug-likeness (QED) is 0.139. The van der Waals surface area contributed by atoms with E-state index >= 15 is 0 Å². The van der Waals surface area contributed by atoms with Gasteiger partial charge < -0.3 is 9.47 Å². The second-order valence-corrected chi connectivity index (χ2v) is 11.7. The molecular formula is C27H30F6N2O7. The Labute approximate surface area is 237 Å². The van der Waals surface area contributed by atoms with Gasteiger partial charge in [0.2, 0.25) is 0 Å². The maximum absolute atomic E-state index is 13.7. The molecule has 0 aliphatic carbocycles. The summed E-state index contributed by atoms with van der Waals surface area (Å²) < 4.78 is 92.4. The highest BCUT2D eigenvalue weighted by Crippen LogP contribution is 2.44. The van der Waals surface area contributed by atoms with Crippen LogP contribution in [0.2, 0.25) is 0 Å². The minimum atomic E-state index is -5.11. The van der Waals surface area contributed by atoms with E-state index < -0.39 is 73.9 Å². The number of halogens is 6. The minimum absolute atomic E-state index is 0.0794. The number of rotatable bonds is 6. The average Bonchev–Trinajstić information content (AvgIpc) is 2.79. The number of alkyl halides is 6. The fraction of sp³-hybridized carbons (Fsp3) is 0.519. The molecule has 42 heavy (non-hydrogen) atoms. The Balaban J connectivity index is 2.55. The molecule has 0 fully saturated rings. The summed E-state index contributed by atoms with van der Waals surface area (Å²) in [4.78, 5) is 33.2. The predicted octanol–water partition coefficient (Wildman–Crippen LogP) is 9.11. The van der Waals surface area contributed by atoms with Gasteiger partial charge in [-0.1, -0.05) is 41.5 Å². The van der Waals surface area contributed by atoms with Gasteiger partial charge in [-0.15, -0.1) is 0 Å². The summed E-state index contributed by atoms with van der Waals surface area (Å²) in [7, 11) is 0. The first-order valence-electron chi connectivity index (χ1n) is 12.4. The van der Waals surface area contributed by atoms with E-state index in [-0.39, 0.29) is 22.3 Å². The predicted molar refractivity (Wildman–Crippen MR) is 138 cm³/mol. The van der Waals surface area contributed by atoms with Crippen LogP contribution < -0.4 is 0 Å². The van der Waals surface area contributed by atoms with E-state index in [0.717, 1.165) is 12.1 Å². The van der Waals surface area contributed by atoms with Gasteiger partial charge in [-0.05, 0) is 59.1 Å². The number of nitro groups is 2. The third-order valence-electron chi connectivity index (χ3n) is 6.38. The van der Waals surface area contributed by atoms with Gasteiger partial charge >= 0.3 is 18.5 Å². The molecule has 0 heterocycles. The van der Waals surface area contributed by atoms with Crippen molar-refractivity contribution in [1.82, 2.24) is 0 Å². The fourth-order valence-corrected chi connectivity index (χ4v) is 4.38. The fourth-order valence-electron chi connectivity index (χ4n) is 4.38. The van der Waals surface area contributed by atoms with E-state index in [1.165, 1.54) is 13.8 Å². The average molecular weight is 609 g/mol. The highest BCUT2D eigenvalue weighted by Gasteiger charge is 2.42. The summed E-state index contributed by atoms with van der Waals surface area (Å²) in [5.41, 5.74) is -7.61. The number of hydrogen-bond donors (Lipinski definition) is 0. The van der Waals surface area contributed by atoms with Crippen LogP contribution in [0.5, 0.6) is 0 Å². The van der Waals surface area contributed by atoms with Crippen molar-refractivity contribution < 1.29 is 50.5 Å². The van der Waals surface area contributed by atoms with Gasteiger partial charge in [0.25, 0.3) is 11.4 Å². The van der Waals surface area contributed by atoms with Crippen LogP contribution in [0.15, 0.2) is 24.3 Å². The van der Waals surface area contributed by atoms with Crippen molar-refractivity contribution in [3.05, 3.63) is 77.9 Å². The second-order valence-electron chi connectivity index (χ2n) is 11.7. The summed E-state index contributed by atoms with van der Waals surface area (Å²) in [5, 5.41) is 22.8. The summed E-state index contributed by atoms with van der Waals surface area (Å²) >= 11 is 0. The molecule has 9 nitrogen and oxygen atoms in total. The molecule has 0 N–H and O–H groups in total. The van der Waals surface area contributed by atoms with Gasteiger partial charge in [0.05, 0.1) is 9.85 Å². The van der Waals surface area contributed by atoms with Gasteiger partial charge in [0.15, 0.2) is 0 Å². The molecule has 15 heteroatoms. The van der Waals surface area contributed by atoms with Gasteiger partial charge in [-0.2, -0.15) is 26.3 Å². The van der Waals surface area contributed by atoms with Crippen LogP contribution >= 0.6 is 0 Å². The Bertz CT molecular complexity index is 1290. The number of benzene rings is 2. The van der Waals surface area contributed by atoms with Crippen molar-refractivity contribution >= 4 is 17.5 Å². The van der Waals surface area contributed by atoms with Gasteiger partial charge in [-0.3, -0.25) is 20.2 Å². The molecule has 0 aliphatic rings. The minimum Gasteiger partial charge on any atom is -0.426 e. The Morgan fingerprint density at radius 2 is 0.929 bits per heavy atom. The van der Waals surface area contributed by atoms with Gasteiger partial charge in [0.1, 0.15) is 23.3 Å². The standard InChI is InChI=1S/C27H30F6N2O7/c1-13(15-9-19(26(28,29)30)21(34(37)38)11-17(15)24(3,4)5)41-23(36)42-14(2)16-10-20(27(31,32)33)22(35(39)40)12-18(16)25(6,7)8/h9-14H,1-8H3. The largest absolute Gasteiger partial charge is 0.509 e.